The summed E-state index contributed by atoms with van der Waals surface area (Å²) >= 11 is 6.32. The van der Waals surface area contributed by atoms with Crippen LogP contribution in [0.2, 0.25) is 5.02 Å². The largest absolute Gasteiger partial charge is 0.379 e. The summed E-state index contributed by atoms with van der Waals surface area (Å²) in [6, 6.07) is 9.83. The van der Waals surface area contributed by atoms with Crippen LogP contribution in [0.4, 0.5) is 5.69 Å². The molecule has 0 radical (unpaired) electrons. The number of anilines is 1. The van der Waals surface area contributed by atoms with Crippen molar-refractivity contribution in [3.05, 3.63) is 65.7 Å². The molecule has 5 heteroatoms. The molecule has 0 aliphatic heterocycles. The molecule has 0 amide bonds. The van der Waals surface area contributed by atoms with Crippen LogP contribution in [0.5, 0.6) is 0 Å². The summed E-state index contributed by atoms with van der Waals surface area (Å²) in [5.41, 5.74) is 3.08. The lowest BCUT2D eigenvalue weighted by Crippen LogP contribution is -2.05. The van der Waals surface area contributed by atoms with Gasteiger partial charge in [-0.1, -0.05) is 17.7 Å². The molecule has 0 atom stereocenters. The third-order valence-corrected chi connectivity index (χ3v) is 3.69. The van der Waals surface area contributed by atoms with Crippen LogP contribution < -0.4 is 5.32 Å². The molecule has 0 fully saturated rings. The molecule has 0 bridgehead atoms. The predicted molar refractivity (Wildman–Crippen MR) is 86.0 cm³/mol. The molecule has 1 aromatic carbocycles. The Bertz CT molecular complexity index is 716. The first-order chi connectivity index (χ1) is 10.3. The fourth-order valence-electron chi connectivity index (χ4n) is 2.28. The van der Waals surface area contributed by atoms with Gasteiger partial charge in [-0.05, 0) is 36.8 Å². The Morgan fingerprint density at radius 1 is 1.19 bits per heavy atom. The lowest BCUT2D eigenvalue weighted by Gasteiger charge is -2.13. The van der Waals surface area contributed by atoms with Crippen molar-refractivity contribution in [1.82, 2.24) is 14.3 Å². The normalized spacial score (nSPS) is 10.8. The molecular formula is C16H17ClN4. The van der Waals surface area contributed by atoms with E-state index in [1.807, 2.05) is 30.5 Å². The standard InChI is InChI=1S/C16H17ClN4/c1-2-20-10-7-13(12-20)11-18-15-6-3-5-14(17)16(15)21-9-4-8-19-21/h3-10,12,18H,2,11H2,1H3. The van der Waals surface area contributed by atoms with E-state index in [0.29, 0.717) is 5.02 Å². The smallest absolute Gasteiger partial charge is 0.106 e. The van der Waals surface area contributed by atoms with Gasteiger partial charge in [0.15, 0.2) is 0 Å². The van der Waals surface area contributed by atoms with Crippen molar-refractivity contribution in [3.8, 4) is 5.69 Å². The summed E-state index contributed by atoms with van der Waals surface area (Å²) < 4.78 is 3.94. The molecule has 0 unspecified atom stereocenters. The van der Waals surface area contributed by atoms with Crippen LogP contribution >= 0.6 is 11.6 Å². The van der Waals surface area contributed by atoms with Gasteiger partial charge in [0.1, 0.15) is 5.69 Å². The van der Waals surface area contributed by atoms with E-state index >= 15 is 0 Å². The van der Waals surface area contributed by atoms with Gasteiger partial charge in [0, 0.05) is 37.9 Å². The molecule has 0 saturated heterocycles. The molecule has 0 spiro atoms. The van der Waals surface area contributed by atoms with Crippen LogP contribution in [0, 0.1) is 0 Å². The second-order valence-corrected chi connectivity index (χ2v) is 5.20. The zero-order valence-corrected chi connectivity index (χ0v) is 12.6. The summed E-state index contributed by atoms with van der Waals surface area (Å²) in [6.45, 7) is 3.86. The van der Waals surface area contributed by atoms with Crippen molar-refractivity contribution in [3.63, 3.8) is 0 Å². The van der Waals surface area contributed by atoms with Crippen molar-refractivity contribution >= 4 is 17.3 Å². The lowest BCUT2D eigenvalue weighted by atomic mass is 10.2. The van der Waals surface area contributed by atoms with Crippen LogP contribution in [-0.2, 0) is 13.1 Å². The van der Waals surface area contributed by atoms with E-state index in [0.717, 1.165) is 24.5 Å². The Kier molecular flexibility index (Phi) is 3.97. The van der Waals surface area contributed by atoms with Gasteiger partial charge in [0.05, 0.1) is 10.7 Å². The minimum absolute atomic E-state index is 0.676. The average Bonchev–Trinajstić information content (AvgIpc) is 3.16. The molecule has 1 N–H and O–H groups in total. The van der Waals surface area contributed by atoms with Crippen LogP contribution in [0.1, 0.15) is 12.5 Å². The molecule has 4 nitrogen and oxygen atoms in total. The van der Waals surface area contributed by atoms with Gasteiger partial charge in [-0.3, -0.25) is 0 Å². The molecule has 0 aliphatic rings. The average molecular weight is 301 g/mol. The molecule has 21 heavy (non-hydrogen) atoms. The highest BCUT2D eigenvalue weighted by Crippen LogP contribution is 2.28. The topological polar surface area (TPSA) is 34.8 Å². The van der Waals surface area contributed by atoms with Crippen molar-refractivity contribution in [1.29, 1.82) is 0 Å². The first-order valence-electron chi connectivity index (χ1n) is 6.95. The maximum Gasteiger partial charge on any atom is 0.106 e. The van der Waals surface area contributed by atoms with Crippen molar-refractivity contribution in [2.75, 3.05) is 5.32 Å². The van der Waals surface area contributed by atoms with E-state index in [-0.39, 0.29) is 0 Å². The highest BCUT2D eigenvalue weighted by atomic mass is 35.5. The van der Waals surface area contributed by atoms with E-state index in [2.05, 4.69) is 40.4 Å². The SMILES string of the molecule is CCn1ccc(CNc2cccc(Cl)c2-n2cccn2)c1. The number of hydrogen-bond donors (Lipinski definition) is 1. The van der Waals surface area contributed by atoms with Crippen LogP contribution in [0.3, 0.4) is 0 Å². The fourth-order valence-corrected chi connectivity index (χ4v) is 2.54. The second kappa shape index (κ2) is 6.06. The molecule has 0 saturated carbocycles. The van der Waals surface area contributed by atoms with E-state index in [1.54, 1.807) is 10.9 Å². The van der Waals surface area contributed by atoms with Gasteiger partial charge < -0.3 is 9.88 Å². The van der Waals surface area contributed by atoms with Crippen molar-refractivity contribution in [2.24, 2.45) is 0 Å². The minimum atomic E-state index is 0.676. The van der Waals surface area contributed by atoms with Crippen LogP contribution in [-0.4, -0.2) is 14.3 Å². The van der Waals surface area contributed by atoms with E-state index in [1.165, 1.54) is 5.56 Å². The number of nitrogens with zero attached hydrogens (tertiary/aromatic N) is 3. The number of aromatic nitrogens is 3. The Hall–Kier alpha value is -2.20. The number of nitrogens with one attached hydrogen (secondary N) is 1. The lowest BCUT2D eigenvalue weighted by molar-refractivity contribution is 0.766. The molecule has 0 aliphatic carbocycles. The van der Waals surface area contributed by atoms with Crippen molar-refractivity contribution in [2.45, 2.75) is 20.0 Å². The van der Waals surface area contributed by atoms with Crippen molar-refractivity contribution < 1.29 is 0 Å². The van der Waals surface area contributed by atoms with Gasteiger partial charge in [-0.2, -0.15) is 5.10 Å². The molecule has 3 rings (SSSR count). The number of halogens is 1. The van der Waals surface area contributed by atoms with Gasteiger partial charge >= 0.3 is 0 Å². The Morgan fingerprint density at radius 3 is 2.81 bits per heavy atom. The summed E-state index contributed by atoms with van der Waals surface area (Å²) in [7, 11) is 0. The van der Waals surface area contributed by atoms with Crippen LogP contribution in [0.25, 0.3) is 5.69 Å². The van der Waals surface area contributed by atoms with E-state index < -0.39 is 0 Å². The number of para-hydroxylation sites is 1. The number of aryl methyl sites for hydroxylation is 1. The molecule has 3 aromatic rings. The zero-order valence-electron chi connectivity index (χ0n) is 11.8. The maximum atomic E-state index is 6.32. The summed E-state index contributed by atoms with van der Waals surface area (Å²) in [5, 5.41) is 8.38. The Morgan fingerprint density at radius 2 is 2.10 bits per heavy atom. The first kappa shape index (κ1) is 13.8. The first-order valence-corrected chi connectivity index (χ1v) is 7.33. The van der Waals surface area contributed by atoms with Crippen LogP contribution in [0.15, 0.2) is 55.1 Å². The third-order valence-electron chi connectivity index (χ3n) is 3.38. The minimum Gasteiger partial charge on any atom is -0.379 e. The number of rotatable bonds is 5. The molecule has 108 valence electrons. The number of benzene rings is 1. The molecule has 2 heterocycles. The second-order valence-electron chi connectivity index (χ2n) is 4.79. The van der Waals surface area contributed by atoms with Gasteiger partial charge in [-0.15, -0.1) is 0 Å². The van der Waals surface area contributed by atoms with E-state index in [4.69, 9.17) is 11.6 Å². The fraction of sp³-hybridized carbons (Fsp3) is 0.188. The summed E-state index contributed by atoms with van der Waals surface area (Å²) in [4.78, 5) is 0. The molecular weight excluding hydrogens is 284 g/mol. The maximum absolute atomic E-state index is 6.32. The quantitative estimate of drug-likeness (QED) is 0.774. The predicted octanol–water partition coefficient (Wildman–Crippen LogP) is 3.96. The van der Waals surface area contributed by atoms with Gasteiger partial charge in [0.25, 0.3) is 0 Å². The third kappa shape index (κ3) is 2.95. The highest BCUT2D eigenvalue weighted by molar-refractivity contribution is 6.33. The zero-order chi connectivity index (χ0) is 14.7. The van der Waals surface area contributed by atoms with E-state index in [9.17, 15) is 0 Å². The van der Waals surface area contributed by atoms with Gasteiger partial charge in [0.2, 0.25) is 0 Å². The summed E-state index contributed by atoms with van der Waals surface area (Å²) in [5.74, 6) is 0. The summed E-state index contributed by atoms with van der Waals surface area (Å²) in [6.07, 6.45) is 7.86. The number of hydrogen-bond acceptors (Lipinski definition) is 2. The monoisotopic (exact) mass is 300 g/mol. The van der Waals surface area contributed by atoms with Gasteiger partial charge in [-0.25, -0.2) is 4.68 Å². The highest BCUT2D eigenvalue weighted by Gasteiger charge is 2.09. The molecule has 2 aromatic heterocycles. The Labute approximate surface area is 129 Å². The Balaban J connectivity index is 1.84.